The van der Waals surface area contributed by atoms with Crippen LogP contribution in [0.15, 0.2) is 30.3 Å². The number of rotatable bonds is 8. The van der Waals surface area contributed by atoms with E-state index in [9.17, 15) is 14.4 Å². The average molecular weight is 375 g/mol. The van der Waals surface area contributed by atoms with Gasteiger partial charge in [-0.05, 0) is 12.0 Å². The van der Waals surface area contributed by atoms with Crippen LogP contribution >= 0.6 is 0 Å². The predicted molar refractivity (Wildman–Crippen MR) is 103 cm³/mol. The normalized spacial score (nSPS) is 14.5. The van der Waals surface area contributed by atoms with Crippen LogP contribution in [0, 0.1) is 0 Å². The van der Waals surface area contributed by atoms with E-state index in [1.165, 1.54) is 0 Å². The van der Waals surface area contributed by atoms with E-state index in [0.717, 1.165) is 12.0 Å². The van der Waals surface area contributed by atoms with E-state index in [-0.39, 0.29) is 24.4 Å². The first-order valence-electron chi connectivity index (χ1n) is 9.41. The maximum Gasteiger partial charge on any atom is 0.315 e. The molecule has 0 radical (unpaired) electrons. The van der Waals surface area contributed by atoms with Crippen molar-refractivity contribution in [2.75, 3.05) is 45.8 Å². The lowest BCUT2D eigenvalue weighted by Gasteiger charge is -2.34. The number of piperazine rings is 1. The minimum atomic E-state index is -0.363. The van der Waals surface area contributed by atoms with E-state index >= 15 is 0 Å². The predicted octanol–water partition coefficient (Wildman–Crippen LogP) is 0.156. The summed E-state index contributed by atoms with van der Waals surface area (Å²) >= 11 is 0. The Balaban J connectivity index is 1.61. The first-order chi connectivity index (χ1) is 13.1. The summed E-state index contributed by atoms with van der Waals surface area (Å²) in [6.45, 7) is 5.90. The van der Waals surface area contributed by atoms with Crippen molar-refractivity contribution in [3.05, 3.63) is 35.9 Å². The van der Waals surface area contributed by atoms with Crippen LogP contribution in [0.1, 0.15) is 18.9 Å². The second kappa shape index (κ2) is 11.2. The Labute approximate surface area is 160 Å². The molecule has 3 N–H and O–H groups in total. The van der Waals surface area contributed by atoms with Crippen molar-refractivity contribution in [3.63, 3.8) is 0 Å². The highest BCUT2D eigenvalue weighted by atomic mass is 16.2. The van der Waals surface area contributed by atoms with Gasteiger partial charge in [-0.3, -0.25) is 14.5 Å². The van der Waals surface area contributed by atoms with Gasteiger partial charge in [0.15, 0.2) is 0 Å². The molecular formula is C19H29N5O3. The summed E-state index contributed by atoms with van der Waals surface area (Å²) in [5.41, 5.74) is 0.998. The summed E-state index contributed by atoms with van der Waals surface area (Å²) in [6.07, 6.45) is 0.917. The van der Waals surface area contributed by atoms with Crippen LogP contribution in [0.5, 0.6) is 0 Å². The first kappa shape index (κ1) is 20.7. The number of urea groups is 1. The molecule has 1 aromatic rings. The summed E-state index contributed by atoms with van der Waals surface area (Å²) in [4.78, 5) is 39.5. The number of hydrogen-bond donors (Lipinski definition) is 3. The van der Waals surface area contributed by atoms with Gasteiger partial charge in [0, 0.05) is 39.3 Å². The van der Waals surface area contributed by atoms with E-state index in [0.29, 0.717) is 45.8 Å². The molecule has 8 nitrogen and oxygen atoms in total. The van der Waals surface area contributed by atoms with Gasteiger partial charge >= 0.3 is 6.03 Å². The highest BCUT2D eigenvalue weighted by Crippen LogP contribution is 2.02. The summed E-state index contributed by atoms with van der Waals surface area (Å²) in [7, 11) is 0. The van der Waals surface area contributed by atoms with Gasteiger partial charge in [-0.15, -0.1) is 0 Å². The molecular weight excluding hydrogens is 346 g/mol. The lowest BCUT2D eigenvalue weighted by molar-refractivity contribution is -0.132. The molecule has 148 valence electrons. The number of carbonyl (C=O) groups excluding carboxylic acids is 3. The lowest BCUT2D eigenvalue weighted by atomic mass is 10.2. The van der Waals surface area contributed by atoms with Gasteiger partial charge in [0.1, 0.15) is 0 Å². The Morgan fingerprint density at radius 3 is 2.33 bits per heavy atom. The SMILES string of the molecule is CCCNC(=O)CN1CCN(C(=O)CNC(=O)NCc2ccccc2)CC1. The molecule has 0 aromatic heterocycles. The largest absolute Gasteiger partial charge is 0.355 e. The van der Waals surface area contributed by atoms with Gasteiger partial charge in [-0.25, -0.2) is 4.79 Å². The fraction of sp³-hybridized carbons (Fsp3) is 0.526. The molecule has 0 aliphatic carbocycles. The molecule has 27 heavy (non-hydrogen) atoms. The molecule has 1 fully saturated rings. The Morgan fingerprint density at radius 1 is 0.963 bits per heavy atom. The molecule has 1 heterocycles. The maximum atomic E-state index is 12.2. The fourth-order valence-electron chi connectivity index (χ4n) is 2.79. The van der Waals surface area contributed by atoms with Crippen molar-refractivity contribution in [1.29, 1.82) is 0 Å². The number of carbonyl (C=O) groups is 3. The van der Waals surface area contributed by atoms with Crippen molar-refractivity contribution < 1.29 is 14.4 Å². The second-order valence-electron chi connectivity index (χ2n) is 6.53. The Hall–Kier alpha value is -2.61. The third-order valence-electron chi connectivity index (χ3n) is 4.36. The third-order valence-corrected chi connectivity index (χ3v) is 4.36. The fourth-order valence-corrected chi connectivity index (χ4v) is 2.79. The molecule has 8 heteroatoms. The molecule has 0 atom stereocenters. The Morgan fingerprint density at radius 2 is 1.67 bits per heavy atom. The van der Waals surface area contributed by atoms with Gasteiger partial charge in [-0.1, -0.05) is 37.3 Å². The third kappa shape index (κ3) is 7.65. The highest BCUT2D eigenvalue weighted by Gasteiger charge is 2.22. The molecule has 0 unspecified atom stereocenters. The van der Waals surface area contributed by atoms with Crippen LogP contribution in [0.4, 0.5) is 4.79 Å². The van der Waals surface area contributed by atoms with Crippen molar-refractivity contribution in [2.24, 2.45) is 0 Å². The van der Waals surface area contributed by atoms with Crippen LogP contribution in [0.2, 0.25) is 0 Å². The van der Waals surface area contributed by atoms with Crippen LogP contribution in [-0.2, 0) is 16.1 Å². The van der Waals surface area contributed by atoms with Gasteiger partial charge < -0.3 is 20.9 Å². The van der Waals surface area contributed by atoms with Crippen LogP contribution in [-0.4, -0.2) is 73.5 Å². The molecule has 1 aliphatic heterocycles. The summed E-state index contributed by atoms with van der Waals surface area (Å²) in [6, 6.07) is 9.22. The zero-order chi connectivity index (χ0) is 19.5. The monoisotopic (exact) mass is 375 g/mol. The van der Waals surface area contributed by atoms with Crippen molar-refractivity contribution >= 4 is 17.8 Å². The van der Waals surface area contributed by atoms with Crippen LogP contribution in [0.25, 0.3) is 0 Å². The van der Waals surface area contributed by atoms with E-state index in [2.05, 4.69) is 16.0 Å². The Bertz CT molecular complexity index is 615. The highest BCUT2D eigenvalue weighted by molar-refractivity contribution is 5.84. The number of amides is 4. The molecule has 1 aromatic carbocycles. The zero-order valence-electron chi connectivity index (χ0n) is 15.9. The van der Waals surface area contributed by atoms with Crippen molar-refractivity contribution in [1.82, 2.24) is 25.8 Å². The van der Waals surface area contributed by atoms with Gasteiger partial charge in [0.05, 0.1) is 13.1 Å². The number of benzene rings is 1. The molecule has 0 spiro atoms. The molecule has 1 aliphatic rings. The average Bonchev–Trinajstić information content (AvgIpc) is 2.70. The molecule has 0 saturated carbocycles. The topological polar surface area (TPSA) is 93.8 Å². The minimum Gasteiger partial charge on any atom is -0.355 e. The molecule has 4 amide bonds. The second-order valence-corrected chi connectivity index (χ2v) is 6.53. The van der Waals surface area contributed by atoms with E-state index in [1.54, 1.807) is 4.90 Å². The van der Waals surface area contributed by atoms with E-state index in [1.807, 2.05) is 42.2 Å². The number of hydrogen-bond acceptors (Lipinski definition) is 4. The summed E-state index contributed by atoms with van der Waals surface area (Å²) in [5, 5.41) is 8.18. The van der Waals surface area contributed by atoms with E-state index < -0.39 is 0 Å². The summed E-state index contributed by atoms with van der Waals surface area (Å²) in [5.74, 6) is -0.0895. The van der Waals surface area contributed by atoms with Crippen LogP contribution < -0.4 is 16.0 Å². The standard InChI is InChI=1S/C19H29N5O3/c1-2-8-20-17(25)15-23-9-11-24(12-10-23)18(26)14-22-19(27)21-13-16-6-4-3-5-7-16/h3-7H,2,8-15H2,1H3,(H,20,25)(H2,21,22,27). The summed E-state index contributed by atoms with van der Waals surface area (Å²) < 4.78 is 0. The smallest absolute Gasteiger partial charge is 0.315 e. The van der Waals surface area contributed by atoms with Crippen LogP contribution in [0.3, 0.4) is 0 Å². The number of nitrogens with zero attached hydrogens (tertiary/aromatic N) is 2. The van der Waals surface area contributed by atoms with E-state index in [4.69, 9.17) is 0 Å². The molecule has 1 saturated heterocycles. The lowest BCUT2D eigenvalue weighted by Crippen LogP contribution is -2.53. The van der Waals surface area contributed by atoms with Crippen molar-refractivity contribution in [2.45, 2.75) is 19.9 Å². The first-order valence-corrected chi connectivity index (χ1v) is 9.41. The molecule has 0 bridgehead atoms. The Kier molecular flexibility index (Phi) is 8.57. The van der Waals surface area contributed by atoms with Gasteiger partial charge in [0.2, 0.25) is 11.8 Å². The number of nitrogens with one attached hydrogen (secondary N) is 3. The zero-order valence-corrected chi connectivity index (χ0v) is 15.9. The van der Waals surface area contributed by atoms with Crippen molar-refractivity contribution in [3.8, 4) is 0 Å². The maximum absolute atomic E-state index is 12.2. The quantitative estimate of drug-likeness (QED) is 0.603. The van der Waals surface area contributed by atoms with Gasteiger partial charge in [-0.2, -0.15) is 0 Å². The molecule has 2 rings (SSSR count). The minimum absolute atomic E-state index is 0.0216. The van der Waals surface area contributed by atoms with Gasteiger partial charge in [0.25, 0.3) is 0 Å².